The van der Waals surface area contributed by atoms with Gasteiger partial charge in [-0.1, -0.05) is 24.8 Å². The molecule has 4 heteroatoms. The van der Waals surface area contributed by atoms with Crippen molar-refractivity contribution in [2.24, 2.45) is 0 Å². The van der Waals surface area contributed by atoms with Gasteiger partial charge < -0.3 is 15.2 Å². The van der Waals surface area contributed by atoms with Crippen molar-refractivity contribution >= 4 is 6.09 Å². The summed E-state index contributed by atoms with van der Waals surface area (Å²) in [5.74, 6) is 0. The number of hydrogen-bond donors (Lipinski definition) is 2. The van der Waals surface area contributed by atoms with Gasteiger partial charge in [-0.25, -0.2) is 4.79 Å². The second kappa shape index (κ2) is 6.33. The van der Waals surface area contributed by atoms with E-state index in [0.29, 0.717) is 0 Å². The Kier molecular flexibility index (Phi) is 5.82. The van der Waals surface area contributed by atoms with Crippen molar-refractivity contribution in [2.75, 3.05) is 0 Å². The van der Waals surface area contributed by atoms with Crippen LogP contribution >= 0.6 is 0 Å². The number of amides is 1. The molecule has 0 saturated carbocycles. The molecule has 0 aromatic carbocycles. The van der Waals surface area contributed by atoms with Crippen molar-refractivity contribution < 1.29 is 14.6 Å². The normalized spacial score (nSPS) is 15.6. The predicted octanol–water partition coefficient (Wildman–Crippen LogP) is 2.00. The predicted molar refractivity (Wildman–Crippen MR) is 64.2 cm³/mol. The van der Waals surface area contributed by atoms with Crippen LogP contribution in [0.1, 0.15) is 27.7 Å². The van der Waals surface area contributed by atoms with Crippen LogP contribution in [0.15, 0.2) is 24.8 Å². The second-order valence-corrected chi connectivity index (χ2v) is 4.55. The van der Waals surface area contributed by atoms with Crippen LogP contribution in [0, 0.1) is 0 Å². The molecule has 0 aromatic rings. The van der Waals surface area contributed by atoms with E-state index in [1.54, 1.807) is 45.9 Å². The number of alkyl carbamates (subject to hydrolysis) is 1. The molecule has 0 aliphatic rings. The molecule has 2 N–H and O–H groups in total. The maximum atomic E-state index is 11.4. The third-order valence-electron chi connectivity index (χ3n) is 1.70. The van der Waals surface area contributed by atoms with Gasteiger partial charge in [-0.15, -0.1) is 0 Å². The summed E-state index contributed by atoms with van der Waals surface area (Å²) in [6.45, 7) is 10.5. The standard InChI is InChI=1S/C12H21NO3/c1-6-7-8-10(14)9(2)13-11(15)16-12(3,4)5/h6-10,14H,1H2,2-5H3,(H,13,15)/b8-7-/t9-,10-/m0/s1. The number of carbonyl (C=O) groups is 1. The maximum absolute atomic E-state index is 11.4. The molecule has 2 atom stereocenters. The summed E-state index contributed by atoms with van der Waals surface area (Å²) in [7, 11) is 0. The number of carbonyl (C=O) groups excluding carboxylic acids is 1. The lowest BCUT2D eigenvalue weighted by Crippen LogP contribution is -2.42. The van der Waals surface area contributed by atoms with Crippen LogP contribution in [-0.4, -0.2) is 28.9 Å². The number of allylic oxidation sites excluding steroid dienone is 2. The minimum absolute atomic E-state index is 0.411. The monoisotopic (exact) mass is 227 g/mol. The number of rotatable bonds is 4. The van der Waals surface area contributed by atoms with Crippen LogP contribution in [0.5, 0.6) is 0 Å². The molecule has 0 aliphatic heterocycles. The summed E-state index contributed by atoms with van der Waals surface area (Å²) < 4.78 is 5.06. The van der Waals surface area contributed by atoms with Crippen molar-refractivity contribution in [3.8, 4) is 0 Å². The first-order valence-electron chi connectivity index (χ1n) is 5.23. The largest absolute Gasteiger partial charge is 0.444 e. The molecular formula is C12H21NO3. The minimum atomic E-state index is -0.759. The van der Waals surface area contributed by atoms with Crippen LogP contribution in [0.3, 0.4) is 0 Å². The molecule has 0 heterocycles. The van der Waals surface area contributed by atoms with Gasteiger partial charge in [0.15, 0.2) is 0 Å². The second-order valence-electron chi connectivity index (χ2n) is 4.55. The maximum Gasteiger partial charge on any atom is 0.407 e. The summed E-state index contributed by atoms with van der Waals surface area (Å²) in [5, 5.41) is 12.1. The first-order valence-corrected chi connectivity index (χ1v) is 5.23. The van der Waals surface area contributed by atoms with Crippen LogP contribution < -0.4 is 5.32 Å². The summed E-state index contributed by atoms with van der Waals surface area (Å²) in [5.41, 5.74) is -0.536. The van der Waals surface area contributed by atoms with E-state index < -0.39 is 23.8 Å². The summed E-state index contributed by atoms with van der Waals surface area (Å²) in [6, 6.07) is -0.411. The molecule has 16 heavy (non-hydrogen) atoms. The zero-order chi connectivity index (χ0) is 12.8. The van der Waals surface area contributed by atoms with Crippen molar-refractivity contribution in [3.05, 3.63) is 24.8 Å². The summed E-state index contributed by atoms with van der Waals surface area (Å²) >= 11 is 0. The van der Waals surface area contributed by atoms with Gasteiger partial charge in [0, 0.05) is 0 Å². The minimum Gasteiger partial charge on any atom is -0.444 e. The van der Waals surface area contributed by atoms with Gasteiger partial charge in [0.05, 0.1) is 12.1 Å². The molecule has 0 unspecified atom stereocenters. The molecule has 4 nitrogen and oxygen atoms in total. The highest BCUT2D eigenvalue weighted by Gasteiger charge is 2.19. The van der Waals surface area contributed by atoms with E-state index in [2.05, 4.69) is 11.9 Å². The third-order valence-corrected chi connectivity index (χ3v) is 1.70. The van der Waals surface area contributed by atoms with Crippen LogP contribution in [0.25, 0.3) is 0 Å². The summed E-state index contributed by atoms with van der Waals surface area (Å²) in [4.78, 5) is 11.4. The number of hydrogen-bond acceptors (Lipinski definition) is 3. The molecule has 92 valence electrons. The highest BCUT2D eigenvalue weighted by molar-refractivity contribution is 5.68. The Bertz CT molecular complexity index is 266. The Morgan fingerprint density at radius 1 is 1.50 bits per heavy atom. The van der Waals surface area contributed by atoms with Gasteiger partial charge in [0.25, 0.3) is 0 Å². The lowest BCUT2D eigenvalue weighted by atomic mass is 10.2. The molecule has 0 rings (SSSR count). The Balaban J connectivity index is 4.13. The molecule has 0 aromatic heterocycles. The average molecular weight is 227 g/mol. The Hall–Kier alpha value is -1.29. The van der Waals surface area contributed by atoms with E-state index in [9.17, 15) is 9.90 Å². The molecule has 0 radical (unpaired) electrons. The fraction of sp³-hybridized carbons (Fsp3) is 0.583. The van der Waals surface area contributed by atoms with Gasteiger partial charge in [0.1, 0.15) is 5.60 Å². The first kappa shape index (κ1) is 14.7. The smallest absolute Gasteiger partial charge is 0.407 e. The van der Waals surface area contributed by atoms with Crippen molar-refractivity contribution in [1.29, 1.82) is 0 Å². The van der Waals surface area contributed by atoms with Crippen LogP contribution in [0.4, 0.5) is 4.79 Å². The number of ether oxygens (including phenoxy) is 1. The van der Waals surface area contributed by atoms with E-state index in [-0.39, 0.29) is 0 Å². The molecule has 0 spiro atoms. The molecule has 1 amide bonds. The van der Waals surface area contributed by atoms with E-state index in [1.165, 1.54) is 0 Å². The lowest BCUT2D eigenvalue weighted by Gasteiger charge is -2.23. The number of aliphatic hydroxyl groups is 1. The zero-order valence-corrected chi connectivity index (χ0v) is 10.4. The topological polar surface area (TPSA) is 58.6 Å². The molecule has 0 fully saturated rings. The average Bonchev–Trinajstić information content (AvgIpc) is 2.10. The first-order chi connectivity index (χ1) is 7.26. The number of nitrogens with one attached hydrogen (secondary N) is 1. The zero-order valence-electron chi connectivity index (χ0n) is 10.4. The quantitative estimate of drug-likeness (QED) is 0.722. The van der Waals surface area contributed by atoms with Crippen molar-refractivity contribution in [3.63, 3.8) is 0 Å². The van der Waals surface area contributed by atoms with E-state index >= 15 is 0 Å². The molecular weight excluding hydrogens is 206 g/mol. The van der Waals surface area contributed by atoms with Crippen LogP contribution in [-0.2, 0) is 4.74 Å². The van der Waals surface area contributed by atoms with Gasteiger partial charge in [-0.05, 0) is 27.7 Å². The van der Waals surface area contributed by atoms with Gasteiger partial charge in [-0.3, -0.25) is 0 Å². The van der Waals surface area contributed by atoms with Crippen molar-refractivity contribution in [2.45, 2.75) is 45.4 Å². The van der Waals surface area contributed by atoms with E-state index in [4.69, 9.17) is 4.74 Å². The lowest BCUT2D eigenvalue weighted by molar-refractivity contribution is 0.0465. The fourth-order valence-electron chi connectivity index (χ4n) is 0.938. The van der Waals surface area contributed by atoms with Gasteiger partial charge >= 0.3 is 6.09 Å². The Labute approximate surface area is 97.0 Å². The van der Waals surface area contributed by atoms with E-state index in [1.807, 2.05) is 0 Å². The summed E-state index contributed by atoms with van der Waals surface area (Å²) in [6.07, 6.45) is 3.44. The van der Waals surface area contributed by atoms with Gasteiger partial charge in [-0.2, -0.15) is 0 Å². The molecule has 0 bridgehead atoms. The number of aliphatic hydroxyl groups excluding tert-OH is 1. The van der Waals surface area contributed by atoms with Gasteiger partial charge in [0.2, 0.25) is 0 Å². The molecule has 0 aliphatic carbocycles. The van der Waals surface area contributed by atoms with E-state index in [0.717, 1.165) is 0 Å². The molecule has 0 saturated heterocycles. The highest BCUT2D eigenvalue weighted by atomic mass is 16.6. The SMILES string of the molecule is C=C/C=C\[C@H](O)[C@H](C)NC(=O)OC(C)(C)C. The Morgan fingerprint density at radius 2 is 2.06 bits per heavy atom. The Morgan fingerprint density at radius 3 is 2.50 bits per heavy atom. The highest BCUT2D eigenvalue weighted by Crippen LogP contribution is 2.07. The third kappa shape index (κ3) is 7.06. The fourth-order valence-corrected chi connectivity index (χ4v) is 0.938. The van der Waals surface area contributed by atoms with Crippen molar-refractivity contribution in [1.82, 2.24) is 5.32 Å². The van der Waals surface area contributed by atoms with Crippen LogP contribution in [0.2, 0.25) is 0 Å².